The van der Waals surface area contributed by atoms with Gasteiger partial charge < -0.3 is 10.2 Å². The maximum atomic E-state index is 11.9. The lowest BCUT2D eigenvalue weighted by Gasteiger charge is -2.14. The van der Waals surface area contributed by atoms with E-state index in [1.165, 1.54) is 4.90 Å². The molecule has 0 radical (unpaired) electrons. The van der Waals surface area contributed by atoms with Gasteiger partial charge in [0.05, 0.1) is 6.10 Å². The van der Waals surface area contributed by atoms with Crippen LogP contribution >= 0.6 is 0 Å². The number of rotatable bonds is 7. The van der Waals surface area contributed by atoms with Crippen molar-refractivity contribution in [2.75, 3.05) is 27.0 Å². The van der Waals surface area contributed by atoms with Crippen LogP contribution in [-0.2, 0) is 0 Å². The second-order valence-corrected chi connectivity index (χ2v) is 3.01. The molecule has 0 aromatic rings. The first-order valence-corrected chi connectivity index (χ1v) is 4.24. The van der Waals surface area contributed by atoms with E-state index in [0.29, 0.717) is 25.8 Å². The zero-order chi connectivity index (χ0) is 9.40. The van der Waals surface area contributed by atoms with Crippen molar-refractivity contribution in [1.29, 1.82) is 0 Å². The van der Waals surface area contributed by atoms with E-state index < -0.39 is 12.9 Å². The van der Waals surface area contributed by atoms with E-state index in [9.17, 15) is 9.50 Å². The minimum absolute atomic E-state index is 0.107. The Kier molecular flexibility index (Phi) is 7.34. The normalized spacial score (nSPS) is 13.8. The second-order valence-electron chi connectivity index (χ2n) is 3.01. The molecule has 2 N–H and O–H groups in total. The van der Waals surface area contributed by atoms with Gasteiger partial charge in [-0.1, -0.05) is 0 Å². The van der Waals surface area contributed by atoms with Gasteiger partial charge in [-0.3, -0.25) is 4.90 Å². The molecular weight excluding hydrogens is 161 g/mol. The second kappa shape index (κ2) is 7.46. The molecule has 0 aromatic carbocycles. The lowest BCUT2D eigenvalue weighted by Crippen LogP contribution is -2.22. The van der Waals surface area contributed by atoms with Crippen molar-refractivity contribution < 1.29 is 14.6 Å². The third kappa shape index (κ3) is 6.52. The summed E-state index contributed by atoms with van der Waals surface area (Å²) >= 11 is 0. The Balaban J connectivity index is 3.24. The van der Waals surface area contributed by atoms with Crippen LogP contribution in [0.4, 0.5) is 4.39 Å². The molecule has 0 rings (SSSR count). The number of nitrogens with zero attached hydrogens (tertiary/aromatic N) is 1. The number of aliphatic hydroxyl groups is 2. The van der Waals surface area contributed by atoms with E-state index >= 15 is 0 Å². The molecular formula is C8H18FNO2. The third-order valence-corrected chi connectivity index (χ3v) is 1.74. The summed E-state index contributed by atoms with van der Waals surface area (Å²) in [5.74, 6) is 0. The van der Waals surface area contributed by atoms with Crippen LogP contribution < -0.4 is 0 Å². The van der Waals surface area contributed by atoms with E-state index in [1.807, 2.05) is 0 Å². The first-order valence-electron chi connectivity index (χ1n) is 4.24. The highest BCUT2D eigenvalue weighted by Crippen LogP contribution is 2.01. The molecule has 0 heterocycles. The van der Waals surface area contributed by atoms with Crippen molar-refractivity contribution in [1.82, 2.24) is 4.90 Å². The minimum atomic E-state index is -0.479. The van der Waals surface area contributed by atoms with Crippen molar-refractivity contribution in [2.24, 2.45) is 0 Å². The zero-order valence-electron chi connectivity index (χ0n) is 7.54. The predicted molar refractivity (Wildman–Crippen MR) is 45.5 cm³/mol. The summed E-state index contributed by atoms with van der Waals surface area (Å²) in [4.78, 5) is 1.50. The molecule has 0 aromatic heterocycles. The van der Waals surface area contributed by atoms with Crippen LogP contribution in [0, 0.1) is 0 Å². The van der Waals surface area contributed by atoms with Crippen molar-refractivity contribution >= 4 is 0 Å². The van der Waals surface area contributed by atoms with Gasteiger partial charge in [-0.2, -0.15) is 0 Å². The topological polar surface area (TPSA) is 43.7 Å². The van der Waals surface area contributed by atoms with Crippen molar-refractivity contribution in [3.05, 3.63) is 0 Å². The van der Waals surface area contributed by atoms with Crippen molar-refractivity contribution in [3.8, 4) is 0 Å². The molecule has 0 aliphatic rings. The monoisotopic (exact) mass is 179 g/mol. The van der Waals surface area contributed by atoms with Crippen LogP contribution in [0.5, 0.6) is 0 Å². The molecule has 4 heteroatoms. The first-order chi connectivity index (χ1) is 5.70. The van der Waals surface area contributed by atoms with Gasteiger partial charge in [0.2, 0.25) is 0 Å². The summed E-state index contributed by atoms with van der Waals surface area (Å²) < 4.78 is 11.9. The number of aliphatic hydroxyl groups excluding tert-OH is 2. The molecule has 0 bridgehead atoms. The smallest absolute Gasteiger partial charge is 0.142 e. The van der Waals surface area contributed by atoms with Gasteiger partial charge in [0.1, 0.15) is 6.80 Å². The van der Waals surface area contributed by atoms with E-state index in [0.717, 1.165) is 0 Å². The molecule has 12 heavy (non-hydrogen) atoms. The summed E-state index contributed by atoms with van der Waals surface area (Å²) in [5.41, 5.74) is 0. The number of alkyl halides is 1. The highest BCUT2D eigenvalue weighted by molar-refractivity contribution is 4.57. The van der Waals surface area contributed by atoms with Crippen LogP contribution in [0.3, 0.4) is 0 Å². The standard InChI is InChI=1S/C8H18FNO2/c1-10(7-9)5-4-8(12)3-2-6-11/h8,11-12H,2-7H2,1H3/t8-/m0/s1. The van der Waals surface area contributed by atoms with Gasteiger partial charge in [0.25, 0.3) is 0 Å². The Morgan fingerprint density at radius 1 is 1.42 bits per heavy atom. The molecule has 0 unspecified atom stereocenters. The molecule has 1 atom stereocenters. The lowest BCUT2D eigenvalue weighted by molar-refractivity contribution is 0.118. The molecule has 0 spiro atoms. The fourth-order valence-corrected chi connectivity index (χ4v) is 0.900. The van der Waals surface area contributed by atoms with Gasteiger partial charge in [-0.05, 0) is 26.3 Å². The summed E-state index contributed by atoms with van der Waals surface area (Å²) in [6.45, 7) is 0.186. The average Bonchev–Trinajstić information content (AvgIpc) is 2.10. The molecule has 0 aliphatic carbocycles. The Bertz CT molecular complexity index is 103. The Morgan fingerprint density at radius 2 is 2.08 bits per heavy atom. The summed E-state index contributed by atoms with van der Waals surface area (Å²) in [5, 5.41) is 17.7. The van der Waals surface area contributed by atoms with Crippen LogP contribution in [0.15, 0.2) is 0 Å². The number of hydrogen-bond acceptors (Lipinski definition) is 3. The third-order valence-electron chi connectivity index (χ3n) is 1.74. The fourth-order valence-electron chi connectivity index (χ4n) is 0.900. The Morgan fingerprint density at radius 3 is 2.58 bits per heavy atom. The largest absolute Gasteiger partial charge is 0.396 e. The summed E-state index contributed by atoms with van der Waals surface area (Å²) in [7, 11) is 1.67. The fraction of sp³-hybridized carbons (Fsp3) is 1.00. The van der Waals surface area contributed by atoms with Gasteiger partial charge in [0, 0.05) is 13.2 Å². The highest BCUT2D eigenvalue weighted by Gasteiger charge is 2.04. The number of hydrogen-bond donors (Lipinski definition) is 2. The molecule has 3 nitrogen and oxygen atoms in total. The average molecular weight is 179 g/mol. The zero-order valence-corrected chi connectivity index (χ0v) is 7.54. The lowest BCUT2D eigenvalue weighted by atomic mass is 10.1. The van der Waals surface area contributed by atoms with Crippen LogP contribution in [-0.4, -0.2) is 48.2 Å². The van der Waals surface area contributed by atoms with E-state index in [1.54, 1.807) is 7.05 Å². The van der Waals surface area contributed by atoms with Gasteiger partial charge in [-0.25, -0.2) is 4.39 Å². The Labute approximate surface area is 72.8 Å². The van der Waals surface area contributed by atoms with Crippen LogP contribution in [0.2, 0.25) is 0 Å². The summed E-state index contributed by atoms with van der Waals surface area (Å²) in [6, 6.07) is 0. The molecule has 0 fully saturated rings. The molecule has 0 aliphatic heterocycles. The first kappa shape index (κ1) is 11.8. The number of halogens is 1. The minimum Gasteiger partial charge on any atom is -0.396 e. The van der Waals surface area contributed by atoms with Gasteiger partial charge in [-0.15, -0.1) is 0 Å². The molecule has 0 amide bonds. The highest BCUT2D eigenvalue weighted by atomic mass is 19.1. The van der Waals surface area contributed by atoms with Crippen LogP contribution in [0.25, 0.3) is 0 Å². The quantitative estimate of drug-likeness (QED) is 0.555. The molecule has 0 saturated carbocycles. The van der Waals surface area contributed by atoms with Gasteiger partial charge >= 0.3 is 0 Å². The van der Waals surface area contributed by atoms with Crippen molar-refractivity contribution in [2.45, 2.75) is 25.4 Å². The maximum absolute atomic E-state index is 11.9. The van der Waals surface area contributed by atoms with E-state index in [2.05, 4.69) is 0 Å². The van der Waals surface area contributed by atoms with E-state index in [4.69, 9.17) is 5.11 Å². The Hall–Kier alpha value is -0.190. The maximum Gasteiger partial charge on any atom is 0.142 e. The molecule has 74 valence electrons. The SMILES string of the molecule is CN(CF)CC[C@@H](O)CCCO. The summed E-state index contributed by atoms with van der Waals surface area (Å²) in [6.07, 6.45) is 1.36. The van der Waals surface area contributed by atoms with Gasteiger partial charge in [0.15, 0.2) is 0 Å². The van der Waals surface area contributed by atoms with Crippen molar-refractivity contribution in [3.63, 3.8) is 0 Å². The predicted octanol–water partition coefficient (Wildman–Crippen LogP) is 0.369. The van der Waals surface area contributed by atoms with Crippen LogP contribution in [0.1, 0.15) is 19.3 Å². The van der Waals surface area contributed by atoms with E-state index in [-0.39, 0.29) is 6.61 Å². The molecule has 0 saturated heterocycles.